The largest absolute Gasteiger partial charge is 0.302 e. The Morgan fingerprint density at radius 1 is 1.07 bits per heavy atom. The number of hydrogen-bond acceptors (Lipinski definition) is 4. The molecule has 144 valence electrons. The lowest BCUT2D eigenvalue weighted by Crippen LogP contribution is -2.08. The van der Waals surface area contributed by atoms with Crippen molar-refractivity contribution in [3.8, 4) is 11.4 Å². The zero-order valence-electron chi connectivity index (χ0n) is 16.4. The van der Waals surface area contributed by atoms with Crippen LogP contribution in [0.4, 0.5) is 0 Å². The quantitative estimate of drug-likeness (QED) is 0.432. The van der Waals surface area contributed by atoms with Crippen LogP contribution in [0, 0.1) is 6.92 Å². The van der Waals surface area contributed by atoms with Crippen LogP contribution in [0.15, 0.2) is 47.6 Å². The van der Waals surface area contributed by atoms with Gasteiger partial charge in [0.1, 0.15) is 0 Å². The van der Waals surface area contributed by atoms with Crippen molar-refractivity contribution in [1.29, 1.82) is 0 Å². The molecular weight excluding hydrogens is 366 g/mol. The SMILES string of the molecule is CCn1c(SCC(=O)c2ccc3c(c2)CCCC3)nnc1-c1ccccc1C. The van der Waals surface area contributed by atoms with Crippen molar-refractivity contribution in [3.05, 3.63) is 64.7 Å². The van der Waals surface area contributed by atoms with Gasteiger partial charge >= 0.3 is 0 Å². The zero-order chi connectivity index (χ0) is 19.5. The van der Waals surface area contributed by atoms with Crippen LogP contribution in [0.1, 0.15) is 46.8 Å². The normalized spacial score (nSPS) is 13.4. The highest BCUT2D eigenvalue weighted by molar-refractivity contribution is 7.99. The average Bonchev–Trinajstić information content (AvgIpc) is 3.14. The average molecular weight is 392 g/mol. The summed E-state index contributed by atoms with van der Waals surface area (Å²) in [4.78, 5) is 12.8. The van der Waals surface area contributed by atoms with Gasteiger partial charge in [-0.25, -0.2) is 0 Å². The number of rotatable bonds is 6. The number of hydrogen-bond donors (Lipinski definition) is 0. The second kappa shape index (κ2) is 8.31. The molecule has 3 aromatic rings. The fraction of sp³-hybridized carbons (Fsp3) is 0.348. The van der Waals surface area contributed by atoms with E-state index < -0.39 is 0 Å². The molecule has 1 heterocycles. The van der Waals surface area contributed by atoms with Crippen LogP contribution in [-0.4, -0.2) is 26.3 Å². The molecule has 0 unspecified atom stereocenters. The molecule has 0 saturated carbocycles. The van der Waals surface area contributed by atoms with Gasteiger partial charge in [-0.15, -0.1) is 10.2 Å². The predicted molar refractivity (Wildman–Crippen MR) is 114 cm³/mol. The molecule has 5 heteroatoms. The van der Waals surface area contributed by atoms with E-state index in [0.717, 1.165) is 41.5 Å². The van der Waals surface area contributed by atoms with Gasteiger partial charge in [0.25, 0.3) is 0 Å². The predicted octanol–water partition coefficient (Wildman–Crippen LogP) is 5.13. The van der Waals surface area contributed by atoms with Gasteiger partial charge < -0.3 is 4.57 Å². The Labute approximate surface area is 170 Å². The third-order valence-corrected chi connectivity index (χ3v) is 6.39. The van der Waals surface area contributed by atoms with Crippen LogP contribution in [-0.2, 0) is 19.4 Å². The van der Waals surface area contributed by atoms with Gasteiger partial charge in [0.15, 0.2) is 16.8 Å². The maximum absolute atomic E-state index is 12.8. The van der Waals surface area contributed by atoms with Gasteiger partial charge in [-0.1, -0.05) is 48.2 Å². The second-order valence-corrected chi connectivity index (χ2v) is 8.21. The smallest absolute Gasteiger partial charge is 0.191 e. The summed E-state index contributed by atoms with van der Waals surface area (Å²) >= 11 is 1.47. The van der Waals surface area contributed by atoms with E-state index in [1.165, 1.54) is 41.3 Å². The summed E-state index contributed by atoms with van der Waals surface area (Å²) in [6.07, 6.45) is 4.71. The second-order valence-electron chi connectivity index (χ2n) is 7.27. The summed E-state index contributed by atoms with van der Waals surface area (Å²) in [5.41, 5.74) is 5.83. The van der Waals surface area contributed by atoms with Gasteiger partial charge in [0, 0.05) is 17.7 Å². The molecule has 0 spiro atoms. The van der Waals surface area contributed by atoms with E-state index >= 15 is 0 Å². The summed E-state index contributed by atoms with van der Waals surface area (Å²) in [5, 5.41) is 9.57. The number of aromatic nitrogens is 3. The Morgan fingerprint density at radius 3 is 2.64 bits per heavy atom. The minimum atomic E-state index is 0.154. The summed E-state index contributed by atoms with van der Waals surface area (Å²) in [7, 11) is 0. The summed E-state index contributed by atoms with van der Waals surface area (Å²) in [6, 6.07) is 14.4. The number of thioether (sulfide) groups is 1. The van der Waals surface area contributed by atoms with Crippen LogP contribution in [0.3, 0.4) is 0 Å². The molecular formula is C23H25N3OS. The number of carbonyl (C=O) groups is 1. The fourth-order valence-corrected chi connectivity index (χ4v) is 4.72. The van der Waals surface area contributed by atoms with E-state index in [4.69, 9.17) is 0 Å². The maximum atomic E-state index is 12.8. The van der Waals surface area contributed by atoms with E-state index in [-0.39, 0.29) is 5.78 Å². The fourth-order valence-electron chi connectivity index (χ4n) is 3.82. The monoisotopic (exact) mass is 391 g/mol. The number of aryl methyl sites for hydroxylation is 3. The molecule has 0 amide bonds. The van der Waals surface area contributed by atoms with Gasteiger partial charge in [0.2, 0.25) is 0 Å². The Bertz CT molecular complexity index is 1010. The third kappa shape index (κ3) is 3.76. The highest BCUT2D eigenvalue weighted by atomic mass is 32.2. The molecule has 0 fully saturated rings. The van der Waals surface area contributed by atoms with Crippen molar-refractivity contribution < 1.29 is 4.79 Å². The summed E-state index contributed by atoms with van der Waals surface area (Å²) in [5.74, 6) is 1.40. The first-order valence-corrected chi connectivity index (χ1v) is 10.9. The van der Waals surface area contributed by atoms with Gasteiger partial charge in [-0.05, 0) is 62.3 Å². The number of nitrogens with zero attached hydrogens (tertiary/aromatic N) is 3. The van der Waals surface area contributed by atoms with Gasteiger partial charge in [-0.3, -0.25) is 4.79 Å². The maximum Gasteiger partial charge on any atom is 0.191 e. The van der Waals surface area contributed by atoms with Crippen LogP contribution < -0.4 is 0 Å². The summed E-state index contributed by atoms with van der Waals surface area (Å²) in [6.45, 7) is 4.93. The molecule has 0 radical (unpaired) electrons. The Balaban J connectivity index is 1.51. The number of carbonyl (C=O) groups excluding carboxylic acids is 1. The van der Waals surface area contributed by atoms with E-state index in [1.54, 1.807) is 0 Å². The first-order chi connectivity index (χ1) is 13.7. The van der Waals surface area contributed by atoms with Crippen molar-refractivity contribution in [2.75, 3.05) is 5.75 Å². The van der Waals surface area contributed by atoms with Gasteiger partial charge in [-0.2, -0.15) is 0 Å². The van der Waals surface area contributed by atoms with Crippen LogP contribution >= 0.6 is 11.8 Å². The Morgan fingerprint density at radius 2 is 1.86 bits per heavy atom. The molecule has 2 aromatic carbocycles. The molecule has 0 N–H and O–H groups in total. The number of ketones is 1. The topological polar surface area (TPSA) is 47.8 Å². The van der Waals surface area contributed by atoms with E-state index in [2.05, 4.69) is 52.9 Å². The van der Waals surface area contributed by atoms with Crippen molar-refractivity contribution >= 4 is 17.5 Å². The molecule has 1 aliphatic carbocycles. The lowest BCUT2D eigenvalue weighted by molar-refractivity contribution is 0.102. The lowest BCUT2D eigenvalue weighted by atomic mass is 9.90. The Kier molecular flexibility index (Phi) is 5.62. The molecule has 0 atom stereocenters. The third-order valence-electron chi connectivity index (χ3n) is 5.42. The molecule has 0 bridgehead atoms. The molecule has 1 aromatic heterocycles. The van der Waals surface area contributed by atoms with Crippen LogP contribution in [0.5, 0.6) is 0 Å². The molecule has 28 heavy (non-hydrogen) atoms. The minimum absolute atomic E-state index is 0.154. The van der Waals surface area contributed by atoms with Crippen LogP contribution in [0.2, 0.25) is 0 Å². The number of fused-ring (bicyclic) bond motifs is 1. The summed E-state index contributed by atoms with van der Waals surface area (Å²) < 4.78 is 2.09. The van der Waals surface area contributed by atoms with Crippen molar-refractivity contribution in [2.24, 2.45) is 0 Å². The van der Waals surface area contributed by atoms with Crippen molar-refractivity contribution in [3.63, 3.8) is 0 Å². The first-order valence-electron chi connectivity index (χ1n) is 9.94. The highest BCUT2D eigenvalue weighted by Crippen LogP contribution is 2.27. The standard InChI is InChI=1S/C23H25N3OS/c1-3-26-22(20-11-7-4-8-16(20)2)24-25-23(26)28-15-21(27)19-13-12-17-9-5-6-10-18(17)14-19/h4,7-8,11-14H,3,5-6,9-10,15H2,1-2H3. The lowest BCUT2D eigenvalue weighted by Gasteiger charge is -2.16. The molecule has 4 nitrogen and oxygen atoms in total. The van der Waals surface area contributed by atoms with E-state index in [9.17, 15) is 4.79 Å². The van der Waals surface area contributed by atoms with E-state index in [1.807, 2.05) is 18.2 Å². The minimum Gasteiger partial charge on any atom is -0.302 e. The number of benzene rings is 2. The van der Waals surface area contributed by atoms with Gasteiger partial charge in [0.05, 0.1) is 5.75 Å². The van der Waals surface area contributed by atoms with Crippen LogP contribution in [0.25, 0.3) is 11.4 Å². The molecule has 0 saturated heterocycles. The molecule has 0 aliphatic heterocycles. The molecule has 1 aliphatic rings. The number of Topliss-reactive ketones (excluding diaryl/α,β-unsaturated/α-hetero) is 1. The highest BCUT2D eigenvalue weighted by Gasteiger charge is 2.17. The molecule has 4 rings (SSSR count). The first kappa shape index (κ1) is 18.9. The van der Waals surface area contributed by atoms with Crippen molar-refractivity contribution in [1.82, 2.24) is 14.8 Å². The van der Waals surface area contributed by atoms with Crippen molar-refractivity contribution in [2.45, 2.75) is 51.2 Å². The van der Waals surface area contributed by atoms with E-state index in [0.29, 0.717) is 5.75 Å². The Hall–Kier alpha value is -2.40. The zero-order valence-corrected chi connectivity index (χ0v) is 17.3.